The van der Waals surface area contributed by atoms with Gasteiger partial charge < -0.3 is 16.0 Å². The lowest BCUT2D eigenvalue weighted by Crippen LogP contribution is -2.39. The van der Waals surface area contributed by atoms with Crippen molar-refractivity contribution < 1.29 is 4.79 Å². The fraction of sp³-hybridized carbons (Fsp3) is 0.421. The molecule has 1 aromatic heterocycles. The van der Waals surface area contributed by atoms with E-state index < -0.39 is 0 Å². The van der Waals surface area contributed by atoms with Gasteiger partial charge in [-0.1, -0.05) is 12.1 Å². The standard InChI is InChI=1S/C19H23N5O/c1-12(2)23-16-11-22-19(15-5-3-4-14(10-20)17(15)16)24-8-6-13(7-9-24)18(21)25/h3-5,11-13,23H,6-9H2,1-2H3,(H2,21,25). The number of rotatable bonds is 4. The maximum Gasteiger partial charge on any atom is 0.220 e. The van der Waals surface area contributed by atoms with Crippen LogP contribution in [-0.4, -0.2) is 30.0 Å². The molecule has 3 rings (SSSR count). The van der Waals surface area contributed by atoms with Crippen molar-refractivity contribution in [2.45, 2.75) is 32.7 Å². The molecular formula is C19H23N5O. The Labute approximate surface area is 147 Å². The zero-order chi connectivity index (χ0) is 18.0. The van der Waals surface area contributed by atoms with Crippen LogP contribution in [0.2, 0.25) is 0 Å². The number of carbonyl (C=O) groups excluding carboxylic acids is 1. The van der Waals surface area contributed by atoms with Gasteiger partial charge in [0.1, 0.15) is 5.82 Å². The van der Waals surface area contributed by atoms with Crippen LogP contribution in [-0.2, 0) is 4.79 Å². The highest BCUT2D eigenvalue weighted by Crippen LogP contribution is 2.34. The summed E-state index contributed by atoms with van der Waals surface area (Å²) in [6.45, 7) is 5.60. The number of benzene rings is 1. The summed E-state index contributed by atoms with van der Waals surface area (Å²) in [5, 5.41) is 14.8. The number of amides is 1. The number of nitrogens with one attached hydrogen (secondary N) is 1. The van der Waals surface area contributed by atoms with Crippen LogP contribution in [0.4, 0.5) is 11.5 Å². The number of primary amides is 1. The van der Waals surface area contributed by atoms with Gasteiger partial charge >= 0.3 is 0 Å². The number of aromatic nitrogens is 1. The van der Waals surface area contributed by atoms with E-state index >= 15 is 0 Å². The minimum Gasteiger partial charge on any atom is -0.381 e. The third-order valence-electron chi connectivity index (χ3n) is 4.65. The Hall–Kier alpha value is -2.81. The molecule has 0 unspecified atom stereocenters. The van der Waals surface area contributed by atoms with Gasteiger partial charge in [-0.15, -0.1) is 0 Å². The molecule has 6 heteroatoms. The quantitative estimate of drug-likeness (QED) is 0.894. The molecule has 25 heavy (non-hydrogen) atoms. The molecule has 6 nitrogen and oxygen atoms in total. The van der Waals surface area contributed by atoms with Crippen LogP contribution < -0.4 is 16.0 Å². The molecule has 0 radical (unpaired) electrons. The molecule has 1 aliphatic heterocycles. The van der Waals surface area contributed by atoms with Crippen LogP contribution >= 0.6 is 0 Å². The molecule has 0 aliphatic carbocycles. The van der Waals surface area contributed by atoms with Gasteiger partial charge in [-0.2, -0.15) is 5.26 Å². The van der Waals surface area contributed by atoms with E-state index in [1.807, 2.05) is 18.2 Å². The molecule has 0 saturated carbocycles. The maximum absolute atomic E-state index is 11.4. The van der Waals surface area contributed by atoms with E-state index in [2.05, 4.69) is 35.1 Å². The molecule has 0 bridgehead atoms. The van der Waals surface area contributed by atoms with E-state index in [0.29, 0.717) is 5.56 Å². The molecule has 1 aliphatic rings. The van der Waals surface area contributed by atoms with Gasteiger partial charge in [-0.05, 0) is 32.8 Å². The number of carbonyl (C=O) groups is 1. The first-order chi connectivity index (χ1) is 12.0. The number of nitrogens with zero attached hydrogens (tertiary/aromatic N) is 3. The monoisotopic (exact) mass is 337 g/mol. The Bertz CT molecular complexity index is 832. The molecule has 1 amide bonds. The van der Waals surface area contributed by atoms with Crippen molar-refractivity contribution in [1.29, 1.82) is 5.26 Å². The SMILES string of the molecule is CC(C)Nc1cnc(N2CCC(C(N)=O)CC2)c2cccc(C#N)c12. The van der Waals surface area contributed by atoms with Crippen molar-refractivity contribution in [1.82, 2.24) is 4.98 Å². The van der Waals surface area contributed by atoms with Gasteiger partial charge in [0, 0.05) is 35.8 Å². The van der Waals surface area contributed by atoms with E-state index in [9.17, 15) is 10.1 Å². The minimum atomic E-state index is -0.222. The molecule has 2 heterocycles. The summed E-state index contributed by atoms with van der Waals surface area (Å²) in [7, 11) is 0. The molecule has 0 atom stereocenters. The lowest BCUT2D eigenvalue weighted by molar-refractivity contribution is -0.122. The number of hydrogen-bond donors (Lipinski definition) is 2. The molecule has 2 aromatic rings. The topological polar surface area (TPSA) is 95.0 Å². The number of hydrogen-bond acceptors (Lipinski definition) is 5. The number of pyridine rings is 1. The van der Waals surface area contributed by atoms with Crippen LogP contribution in [0, 0.1) is 17.2 Å². The molecule has 0 spiro atoms. The minimum absolute atomic E-state index is 0.0564. The summed E-state index contributed by atoms with van der Waals surface area (Å²) < 4.78 is 0. The molecule has 1 fully saturated rings. The number of nitrogens with two attached hydrogens (primary N) is 1. The van der Waals surface area contributed by atoms with Crippen LogP contribution in [0.5, 0.6) is 0 Å². The van der Waals surface area contributed by atoms with Crippen molar-refractivity contribution in [2.24, 2.45) is 11.7 Å². The Kier molecular flexibility index (Phi) is 4.75. The van der Waals surface area contributed by atoms with E-state index in [4.69, 9.17) is 5.73 Å². The normalized spacial score (nSPS) is 15.4. The zero-order valence-corrected chi connectivity index (χ0v) is 14.6. The van der Waals surface area contributed by atoms with Crippen LogP contribution in [0.15, 0.2) is 24.4 Å². The first kappa shape index (κ1) is 17.0. The van der Waals surface area contributed by atoms with Gasteiger partial charge in [-0.3, -0.25) is 4.79 Å². The highest BCUT2D eigenvalue weighted by atomic mass is 16.1. The largest absolute Gasteiger partial charge is 0.381 e. The van der Waals surface area contributed by atoms with Crippen LogP contribution in [0.1, 0.15) is 32.3 Å². The summed E-state index contributed by atoms with van der Waals surface area (Å²) in [5.41, 5.74) is 6.94. The second-order valence-corrected chi connectivity index (χ2v) is 6.80. The van der Waals surface area contributed by atoms with Crippen molar-refractivity contribution >= 4 is 28.2 Å². The van der Waals surface area contributed by atoms with Crippen molar-refractivity contribution in [3.8, 4) is 6.07 Å². The Morgan fingerprint density at radius 2 is 2.12 bits per heavy atom. The molecule has 1 aromatic carbocycles. The first-order valence-corrected chi connectivity index (χ1v) is 8.64. The smallest absolute Gasteiger partial charge is 0.220 e. The maximum atomic E-state index is 11.4. The van der Waals surface area contributed by atoms with Crippen LogP contribution in [0.3, 0.4) is 0 Å². The Morgan fingerprint density at radius 1 is 1.40 bits per heavy atom. The molecule has 3 N–H and O–H groups in total. The fourth-order valence-electron chi connectivity index (χ4n) is 3.43. The van der Waals surface area contributed by atoms with Crippen molar-refractivity contribution in [2.75, 3.05) is 23.3 Å². The summed E-state index contributed by atoms with van der Waals surface area (Å²) in [6, 6.07) is 8.26. The first-order valence-electron chi connectivity index (χ1n) is 8.64. The highest BCUT2D eigenvalue weighted by molar-refractivity contribution is 6.03. The molecular weight excluding hydrogens is 314 g/mol. The molecule has 1 saturated heterocycles. The van der Waals surface area contributed by atoms with Gasteiger partial charge in [-0.25, -0.2) is 4.98 Å². The molecule has 130 valence electrons. The van der Waals surface area contributed by atoms with Crippen LogP contribution in [0.25, 0.3) is 10.8 Å². The lowest BCUT2D eigenvalue weighted by Gasteiger charge is -2.32. The summed E-state index contributed by atoms with van der Waals surface area (Å²) in [4.78, 5) is 18.2. The van der Waals surface area contributed by atoms with Gasteiger partial charge in [0.15, 0.2) is 0 Å². The van der Waals surface area contributed by atoms with Gasteiger partial charge in [0.2, 0.25) is 5.91 Å². The lowest BCUT2D eigenvalue weighted by atomic mass is 9.95. The zero-order valence-electron chi connectivity index (χ0n) is 14.6. The Balaban J connectivity index is 2.03. The summed E-state index contributed by atoms with van der Waals surface area (Å²) >= 11 is 0. The number of fused-ring (bicyclic) bond motifs is 1. The number of anilines is 2. The van der Waals surface area contributed by atoms with Crippen molar-refractivity contribution in [3.63, 3.8) is 0 Å². The van der Waals surface area contributed by atoms with Gasteiger partial charge in [0.25, 0.3) is 0 Å². The second kappa shape index (κ2) is 6.98. The summed E-state index contributed by atoms with van der Waals surface area (Å²) in [6.07, 6.45) is 3.28. The predicted molar refractivity (Wildman–Crippen MR) is 99.3 cm³/mol. The third kappa shape index (κ3) is 3.36. The number of nitriles is 1. The third-order valence-corrected chi connectivity index (χ3v) is 4.65. The fourth-order valence-corrected chi connectivity index (χ4v) is 3.43. The summed E-state index contributed by atoms with van der Waals surface area (Å²) in [5.74, 6) is 0.587. The van der Waals surface area contributed by atoms with E-state index in [-0.39, 0.29) is 17.9 Å². The van der Waals surface area contributed by atoms with Gasteiger partial charge in [0.05, 0.1) is 23.5 Å². The second-order valence-electron chi connectivity index (χ2n) is 6.80. The van der Waals surface area contributed by atoms with E-state index in [1.165, 1.54) is 0 Å². The average molecular weight is 337 g/mol. The average Bonchev–Trinajstić information content (AvgIpc) is 2.61. The number of piperidine rings is 1. The Morgan fingerprint density at radius 3 is 2.72 bits per heavy atom. The van der Waals surface area contributed by atoms with Crippen molar-refractivity contribution in [3.05, 3.63) is 30.0 Å². The van der Waals surface area contributed by atoms with E-state index in [1.54, 1.807) is 6.20 Å². The van der Waals surface area contributed by atoms with E-state index in [0.717, 1.165) is 48.2 Å². The predicted octanol–water partition coefficient (Wildman–Crippen LogP) is 2.63. The highest BCUT2D eigenvalue weighted by Gasteiger charge is 2.25.